The highest BCUT2D eigenvalue weighted by atomic mass is 35.5. The molecular formula is C21H14Cl3N3O2. The van der Waals surface area contributed by atoms with Gasteiger partial charge in [0.25, 0.3) is 5.91 Å². The third-order valence-electron chi connectivity index (χ3n) is 4.78. The van der Waals surface area contributed by atoms with Crippen molar-refractivity contribution in [1.29, 1.82) is 0 Å². The molecule has 0 fully saturated rings. The normalized spacial score (nSPS) is 15.7. The van der Waals surface area contributed by atoms with E-state index in [4.69, 9.17) is 34.8 Å². The van der Waals surface area contributed by atoms with E-state index in [-0.39, 0.29) is 28.2 Å². The second-order valence-electron chi connectivity index (χ2n) is 6.71. The highest BCUT2D eigenvalue weighted by Crippen LogP contribution is 2.32. The SMILES string of the molecule is O=C(Nc1ncc2c(n1)C[C@H](c1ccc(Cl)cc1)CC2=O)c1ccc(Cl)cc1Cl. The van der Waals surface area contributed by atoms with Crippen LogP contribution in [0.5, 0.6) is 0 Å². The molecule has 0 saturated heterocycles. The Morgan fingerprint density at radius 1 is 1.00 bits per heavy atom. The summed E-state index contributed by atoms with van der Waals surface area (Å²) in [6, 6.07) is 12.0. The summed E-state index contributed by atoms with van der Waals surface area (Å²) in [5, 5.41) is 3.93. The van der Waals surface area contributed by atoms with E-state index in [0.29, 0.717) is 34.1 Å². The molecule has 0 spiro atoms. The molecule has 1 amide bonds. The van der Waals surface area contributed by atoms with Crippen molar-refractivity contribution >= 4 is 52.4 Å². The molecule has 8 heteroatoms. The maximum absolute atomic E-state index is 12.5. The summed E-state index contributed by atoms with van der Waals surface area (Å²) in [6.45, 7) is 0. The van der Waals surface area contributed by atoms with Gasteiger partial charge in [0.1, 0.15) is 0 Å². The minimum Gasteiger partial charge on any atom is -0.294 e. The Bertz CT molecular complexity index is 1120. The third kappa shape index (κ3) is 4.27. The Hall–Kier alpha value is -2.47. The average molecular weight is 447 g/mol. The summed E-state index contributed by atoms with van der Waals surface area (Å²) in [6.07, 6.45) is 2.40. The number of fused-ring (bicyclic) bond motifs is 1. The number of amides is 1. The molecule has 0 unspecified atom stereocenters. The molecule has 0 aliphatic heterocycles. The van der Waals surface area contributed by atoms with Crippen molar-refractivity contribution in [2.24, 2.45) is 0 Å². The zero-order chi connectivity index (χ0) is 20.5. The van der Waals surface area contributed by atoms with E-state index in [1.165, 1.54) is 18.3 Å². The van der Waals surface area contributed by atoms with Gasteiger partial charge in [-0.15, -0.1) is 0 Å². The highest BCUT2D eigenvalue weighted by Gasteiger charge is 2.28. The van der Waals surface area contributed by atoms with Gasteiger partial charge >= 0.3 is 0 Å². The van der Waals surface area contributed by atoms with Crippen molar-refractivity contribution in [2.45, 2.75) is 18.8 Å². The topological polar surface area (TPSA) is 72.0 Å². The summed E-state index contributed by atoms with van der Waals surface area (Å²) >= 11 is 17.9. The fourth-order valence-corrected chi connectivity index (χ4v) is 3.94. The lowest BCUT2D eigenvalue weighted by Crippen LogP contribution is -2.22. The van der Waals surface area contributed by atoms with Gasteiger partial charge in [-0.2, -0.15) is 0 Å². The fourth-order valence-electron chi connectivity index (χ4n) is 3.32. The molecule has 5 nitrogen and oxygen atoms in total. The maximum atomic E-state index is 12.5. The Kier molecular flexibility index (Phi) is 5.54. The molecule has 0 radical (unpaired) electrons. The van der Waals surface area contributed by atoms with Crippen molar-refractivity contribution in [1.82, 2.24) is 9.97 Å². The smallest absolute Gasteiger partial charge is 0.259 e. The van der Waals surface area contributed by atoms with Crippen LogP contribution in [0.15, 0.2) is 48.7 Å². The second-order valence-corrected chi connectivity index (χ2v) is 7.99. The van der Waals surface area contributed by atoms with E-state index in [2.05, 4.69) is 15.3 Å². The lowest BCUT2D eigenvalue weighted by molar-refractivity contribution is 0.0962. The maximum Gasteiger partial charge on any atom is 0.259 e. The summed E-state index contributed by atoms with van der Waals surface area (Å²) < 4.78 is 0. The van der Waals surface area contributed by atoms with E-state index in [1.807, 2.05) is 12.1 Å². The lowest BCUT2D eigenvalue weighted by Gasteiger charge is -2.23. The first-order valence-corrected chi connectivity index (χ1v) is 9.95. The van der Waals surface area contributed by atoms with Crippen LogP contribution in [0, 0.1) is 0 Å². The predicted octanol–water partition coefficient (Wildman–Crippen LogP) is 5.60. The molecule has 1 aromatic heterocycles. The number of aromatic nitrogens is 2. The first kappa shape index (κ1) is 19.8. The fraction of sp³-hybridized carbons (Fsp3) is 0.143. The molecule has 0 saturated carbocycles. The van der Waals surface area contributed by atoms with Gasteiger partial charge in [-0.1, -0.05) is 46.9 Å². The summed E-state index contributed by atoms with van der Waals surface area (Å²) in [5.41, 5.74) is 2.37. The van der Waals surface area contributed by atoms with Crippen LogP contribution >= 0.6 is 34.8 Å². The quantitative estimate of drug-likeness (QED) is 0.568. The van der Waals surface area contributed by atoms with Crippen LogP contribution < -0.4 is 5.32 Å². The minimum absolute atomic E-state index is 0.00331. The predicted molar refractivity (Wildman–Crippen MR) is 113 cm³/mol. The molecule has 2 aromatic carbocycles. The number of carbonyl (C=O) groups is 2. The number of hydrogen-bond donors (Lipinski definition) is 1. The van der Waals surface area contributed by atoms with Gasteiger partial charge in [-0.25, -0.2) is 9.97 Å². The summed E-state index contributed by atoms with van der Waals surface area (Å²) in [4.78, 5) is 33.6. The minimum atomic E-state index is -0.456. The number of carbonyl (C=O) groups excluding carboxylic acids is 2. The molecule has 1 atom stereocenters. The van der Waals surface area contributed by atoms with Crippen LogP contribution in [0.3, 0.4) is 0 Å². The Morgan fingerprint density at radius 2 is 1.72 bits per heavy atom. The number of anilines is 1. The first-order valence-electron chi connectivity index (χ1n) is 8.81. The van der Waals surface area contributed by atoms with Gasteiger partial charge < -0.3 is 0 Å². The summed E-state index contributed by atoms with van der Waals surface area (Å²) in [7, 11) is 0. The van der Waals surface area contributed by atoms with E-state index in [9.17, 15) is 9.59 Å². The van der Waals surface area contributed by atoms with E-state index in [0.717, 1.165) is 5.56 Å². The van der Waals surface area contributed by atoms with Gasteiger partial charge in [-0.3, -0.25) is 14.9 Å². The number of rotatable bonds is 3. The molecular weight excluding hydrogens is 433 g/mol. The van der Waals surface area contributed by atoms with Gasteiger partial charge in [0.2, 0.25) is 5.95 Å². The zero-order valence-corrected chi connectivity index (χ0v) is 17.2. The second kappa shape index (κ2) is 8.11. The van der Waals surface area contributed by atoms with Gasteiger partial charge in [0.15, 0.2) is 5.78 Å². The Balaban J connectivity index is 1.58. The van der Waals surface area contributed by atoms with Crippen LogP contribution in [-0.2, 0) is 6.42 Å². The third-order valence-corrected chi connectivity index (χ3v) is 5.58. The number of hydrogen-bond acceptors (Lipinski definition) is 4. The number of ketones is 1. The van der Waals surface area contributed by atoms with Crippen molar-refractivity contribution in [3.8, 4) is 0 Å². The highest BCUT2D eigenvalue weighted by molar-refractivity contribution is 6.37. The monoisotopic (exact) mass is 445 g/mol. The van der Waals surface area contributed by atoms with Crippen LogP contribution in [0.1, 0.15) is 44.3 Å². The Morgan fingerprint density at radius 3 is 2.45 bits per heavy atom. The number of Topliss-reactive ketones (excluding diaryl/α,β-unsaturated/α-hetero) is 1. The number of nitrogens with zero attached hydrogens (tertiary/aromatic N) is 2. The lowest BCUT2D eigenvalue weighted by atomic mass is 9.82. The molecule has 1 aliphatic rings. The molecule has 1 heterocycles. The van der Waals surface area contributed by atoms with Crippen LogP contribution in [0.4, 0.5) is 5.95 Å². The van der Waals surface area contributed by atoms with Crippen LogP contribution in [0.2, 0.25) is 15.1 Å². The van der Waals surface area contributed by atoms with E-state index in [1.54, 1.807) is 18.2 Å². The largest absolute Gasteiger partial charge is 0.294 e. The number of benzene rings is 2. The van der Waals surface area contributed by atoms with Crippen molar-refractivity contribution in [3.63, 3.8) is 0 Å². The van der Waals surface area contributed by atoms with Crippen molar-refractivity contribution in [3.05, 3.63) is 86.1 Å². The first-order chi connectivity index (χ1) is 13.9. The van der Waals surface area contributed by atoms with Gasteiger partial charge in [0.05, 0.1) is 21.8 Å². The zero-order valence-electron chi connectivity index (χ0n) is 15.0. The molecule has 0 bridgehead atoms. The molecule has 146 valence electrons. The van der Waals surface area contributed by atoms with Gasteiger partial charge in [-0.05, 0) is 48.2 Å². The number of nitrogens with one attached hydrogen (secondary N) is 1. The molecule has 29 heavy (non-hydrogen) atoms. The van der Waals surface area contributed by atoms with E-state index < -0.39 is 5.91 Å². The average Bonchev–Trinajstić information content (AvgIpc) is 2.68. The van der Waals surface area contributed by atoms with Crippen LogP contribution in [0.25, 0.3) is 0 Å². The van der Waals surface area contributed by atoms with Crippen molar-refractivity contribution in [2.75, 3.05) is 5.32 Å². The molecule has 1 N–H and O–H groups in total. The van der Waals surface area contributed by atoms with Crippen LogP contribution in [-0.4, -0.2) is 21.7 Å². The standard InChI is InChI=1S/C21H14Cl3N3O2/c22-13-3-1-11(2-4-13)12-7-18-16(19(28)8-12)10-25-21(26-18)27-20(29)15-6-5-14(23)9-17(15)24/h1-6,9-10,12H,7-8H2,(H,25,26,27,29)/t12-/m0/s1. The van der Waals surface area contributed by atoms with Crippen molar-refractivity contribution < 1.29 is 9.59 Å². The number of halogens is 3. The molecule has 4 rings (SSSR count). The molecule has 3 aromatic rings. The Labute approximate surface area is 182 Å². The summed E-state index contributed by atoms with van der Waals surface area (Å²) in [5.74, 6) is -0.367. The van der Waals surface area contributed by atoms with E-state index >= 15 is 0 Å². The molecule has 1 aliphatic carbocycles. The van der Waals surface area contributed by atoms with Gasteiger partial charge in [0, 0.05) is 22.7 Å².